The molecule has 6 heteroatoms. The van der Waals surface area contributed by atoms with Crippen molar-refractivity contribution >= 4 is 17.6 Å². The maximum Gasteiger partial charge on any atom is 0.256 e. The van der Waals surface area contributed by atoms with E-state index >= 15 is 0 Å². The summed E-state index contributed by atoms with van der Waals surface area (Å²) < 4.78 is 5.17. The highest BCUT2D eigenvalue weighted by atomic mass is 16.5. The SMILES string of the molecule is COc1cccc(CNC(=O)c2ccnc(NC(=O)c3ccccc3)c2)c1. The zero-order chi connectivity index (χ0) is 19.1. The molecule has 6 nitrogen and oxygen atoms in total. The number of anilines is 1. The number of ether oxygens (including phenoxy) is 1. The van der Waals surface area contributed by atoms with Gasteiger partial charge in [0.25, 0.3) is 11.8 Å². The summed E-state index contributed by atoms with van der Waals surface area (Å²) in [6.07, 6.45) is 1.49. The van der Waals surface area contributed by atoms with Crippen molar-refractivity contribution in [2.75, 3.05) is 12.4 Å². The average Bonchev–Trinajstić information content (AvgIpc) is 2.73. The lowest BCUT2D eigenvalue weighted by atomic mass is 10.2. The maximum absolute atomic E-state index is 12.4. The molecule has 1 heterocycles. The van der Waals surface area contributed by atoms with Gasteiger partial charge in [-0.2, -0.15) is 0 Å². The number of rotatable bonds is 6. The van der Waals surface area contributed by atoms with Gasteiger partial charge in [-0.15, -0.1) is 0 Å². The van der Waals surface area contributed by atoms with Crippen molar-refractivity contribution in [1.82, 2.24) is 10.3 Å². The van der Waals surface area contributed by atoms with Crippen LogP contribution in [-0.4, -0.2) is 23.9 Å². The fraction of sp³-hybridized carbons (Fsp3) is 0.0952. The van der Waals surface area contributed by atoms with Crippen molar-refractivity contribution in [2.24, 2.45) is 0 Å². The first kappa shape index (κ1) is 18.1. The topological polar surface area (TPSA) is 80.3 Å². The summed E-state index contributed by atoms with van der Waals surface area (Å²) >= 11 is 0. The summed E-state index contributed by atoms with van der Waals surface area (Å²) in [7, 11) is 1.60. The van der Waals surface area contributed by atoms with Crippen molar-refractivity contribution in [3.05, 3.63) is 89.6 Å². The van der Waals surface area contributed by atoms with E-state index in [9.17, 15) is 9.59 Å². The Morgan fingerprint density at radius 1 is 0.926 bits per heavy atom. The fourth-order valence-electron chi connectivity index (χ4n) is 2.48. The number of nitrogens with one attached hydrogen (secondary N) is 2. The van der Waals surface area contributed by atoms with Crippen LogP contribution in [0.25, 0.3) is 0 Å². The summed E-state index contributed by atoms with van der Waals surface area (Å²) in [5, 5.41) is 5.54. The monoisotopic (exact) mass is 361 g/mol. The largest absolute Gasteiger partial charge is 0.497 e. The van der Waals surface area contributed by atoms with Gasteiger partial charge in [-0.25, -0.2) is 4.98 Å². The van der Waals surface area contributed by atoms with E-state index in [0.29, 0.717) is 23.5 Å². The van der Waals surface area contributed by atoms with Gasteiger partial charge in [0.1, 0.15) is 11.6 Å². The lowest BCUT2D eigenvalue weighted by Crippen LogP contribution is -2.23. The molecule has 3 aromatic rings. The maximum atomic E-state index is 12.4. The molecule has 27 heavy (non-hydrogen) atoms. The lowest BCUT2D eigenvalue weighted by Gasteiger charge is -2.09. The molecule has 0 unspecified atom stereocenters. The van der Waals surface area contributed by atoms with Gasteiger partial charge in [0.15, 0.2) is 0 Å². The Kier molecular flexibility index (Phi) is 5.79. The van der Waals surface area contributed by atoms with Crippen LogP contribution in [0.5, 0.6) is 5.75 Å². The number of aromatic nitrogens is 1. The van der Waals surface area contributed by atoms with Gasteiger partial charge in [0.2, 0.25) is 0 Å². The number of carbonyl (C=O) groups excluding carboxylic acids is 2. The fourth-order valence-corrected chi connectivity index (χ4v) is 2.48. The first-order chi connectivity index (χ1) is 13.2. The van der Waals surface area contributed by atoms with E-state index < -0.39 is 0 Å². The minimum absolute atomic E-state index is 0.254. The van der Waals surface area contributed by atoms with E-state index in [4.69, 9.17) is 4.74 Å². The van der Waals surface area contributed by atoms with Crippen molar-refractivity contribution < 1.29 is 14.3 Å². The smallest absolute Gasteiger partial charge is 0.256 e. The molecule has 0 bridgehead atoms. The van der Waals surface area contributed by atoms with E-state index in [1.807, 2.05) is 30.3 Å². The van der Waals surface area contributed by atoms with E-state index in [1.165, 1.54) is 6.20 Å². The number of carbonyl (C=O) groups is 2. The van der Waals surface area contributed by atoms with Gasteiger partial charge in [0, 0.05) is 23.9 Å². The van der Waals surface area contributed by atoms with Crippen molar-refractivity contribution in [2.45, 2.75) is 6.54 Å². The second kappa shape index (κ2) is 8.62. The number of amides is 2. The Hall–Kier alpha value is -3.67. The van der Waals surface area contributed by atoms with Crippen LogP contribution < -0.4 is 15.4 Å². The molecular formula is C21H19N3O3. The third-order valence-corrected chi connectivity index (χ3v) is 3.89. The molecule has 0 saturated carbocycles. The highest BCUT2D eigenvalue weighted by molar-refractivity contribution is 6.04. The number of hydrogen-bond donors (Lipinski definition) is 2. The molecule has 0 fully saturated rings. The Morgan fingerprint density at radius 2 is 1.74 bits per heavy atom. The van der Waals surface area contributed by atoms with Crippen molar-refractivity contribution in [1.29, 1.82) is 0 Å². The van der Waals surface area contributed by atoms with E-state index in [-0.39, 0.29) is 11.8 Å². The van der Waals surface area contributed by atoms with Crippen LogP contribution >= 0.6 is 0 Å². The minimum atomic E-state index is -0.281. The van der Waals surface area contributed by atoms with Crippen LogP contribution in [-0.2, 0) is 6.54 Å². The number of pyridine rings is 1. The Bertz CT molecular complexity index is 942. The summed E-state index contributed by atoms with van der Waals surface area (Å²) in [6, 6.07) is 19.4. The molecule has 0 aliphatic carbocycles. The third-order valence-electron chi connectivity index (χ3n) is 3.89. The first-order valence-corrected chi connectivity index (χ1v) is 8.39. The summed E-state index contributed by atoms with van der Waals surface area (Å²) in [4.78, 5) is 28.7. The van der Waals surface area contributed by atoms with Crippen molar-refractivity contribution in [3.8, 4) is 5.75 Å². The minimum Gasteiger partial charge on any atom is -0.497 e. The molecule has 2 amide bonds. The second-order valence-electron chi connectivity index (χ2n) is 5.78. The Morgan fingerprint density at radius 3 is 2.52 bits per heavy atom. The van der Waals surface area contributed by atoms with E-state index in [0.717, 1.165) is 11.3 Å². The molecule has 0 saturated heterocycles. The van der Waals surface area contributed by atoms with Crippen LogP contribution in [0.1, 0.15) is 26.3 Å². The zero-order valence-electron chi connectivity index (χ0n) is 14.8. The third kappa shape index (κ3) is 4.92. The van der Waals surface area contributed by atoms with Crippen LogP contribution in [0.3, 0.4) is 0 Å². The molecular weight excluding hydrogens is 342 g/mol. The Labute approximate surface area is 157 Å². The molecule has 1 aromatic heterocycles. The average molecular weight is 361 g/mol. The van der Waals surface area contributed by atoms with Gasteiger partial charge in [-0.3, -0.25) is 9.59 Å². The van der Waals surface area contributed by atoms with Gasteiger partial charge in [0.05, 0.1) is 7.11 Å². The molecule has 2 aromatic carbocycles. The number of methoxy groups -OCH3 is 1. The van der Waals surface area contributed by atoms with Gasteiger partial charge in [-0.05, 0) is 42.0 Å². The standard InChI is InChI=1S/C21H19N3O3/c1-27-18-9-5-6-15(12-18)14-23-20(25)17-10-11-22-19(13-17)24-21(26)16-7-3-2-4-8-16/h2-13H,14H2,1H3,(H,23,25)(H,22,24,26). The lowest BCUT2D eigenvalue weighted by molar-refractivity contribution is 0.0949. The van der Waals surface area contributed by atoms with Gasteiger partial charge < -0.3 is 15.4 Å². The van der Waals surface area contributed by atoms with Crippen LogP contribution in [0.2, 0.25) is 0 Å². The van der Waals surface area contributed by atoms with Crippen LogP contribution in [0.15, 0.2) is 72.9 Å². The van der Waals surface area contributed by atoms with Crippen LogP contribution in [0, 0.1) is 0 Å². The van der Waals surface area contributed by atoms with Crippen LogP contribution in [0.4, 0.5) is 5.82 Å². The molecule has 0 aliphatic rings. The quantitative estimate of drug-likeness (QED) is 0.706. The molecule has 0 aliphatic heterocycles. The second-order valence-corrected chi connectivity index (χ2v) is 5.78. The van der Waals surface area contributed by atoms with Crippen molar-refractivity contribution in [3.63, 3.8) is 0 Å². The van der Waals surface area contributed by atoms with E-state index in [2.05, 4.69) is 15.6 Å². The van der Waals surface area contributed by atoms with Gasteiger partial charge in [-0.1, -0.05) is 30.3 Å². The Balaban J connectivity index is 1.64. The molecule has 136 valence electrons. The highest BCUT2D eigenvalue weighted by Gasteiger charge is 2.10. The first-order valence-electron chi connectivity index (χ1n) is 8.39. The highest BCUT2D eigenvalue weighted by Crippen LogP contribution is 2.13. The predicted molar refractivity (Wildman–Crippen MR) is 103 cm³/mol. The molecule has 0 atom stereocenters. The summed E-state index contributed by atoms with van der Waals surface area (Å²) in [6.45, 7) is 0.365. The number of benzene rings is 2. The molecule has 0 spiro atoms. The summed E-state index contributed by atoms with van der Waals surface area (Å²) in [5.74, 6) is 0.516. The molecule has 2 N–H and O–H groups in total. The molecule has 3 rings (SSSR count). The number of nitrogens with zero attached hydrogens (tertiary/aromatic N) is 1. The number of hydrogen-bond acceptors (Lipinski definition) is 4. The van der Waals surface area contributed by atoms with E-state index in [1.54, 1.807) is 43.5 Å². The predicted octanol–water partition coefficient (Wildman–Crippen LogP) is 3.27. The van der Waals surface area contributed by atoms with Gasteiger partial charge >= 0.3 is 0 Å². The molecule has 0 radical (unpaired) electrons. The normalized spacial score (nSPS) is 10.1. The summed E-state index contributed by atoms with van der Waals surface area (Å²) in [5.41, 5.74) is 1.86. The zero-order valence-corrected chi connectivity index (χ0v) is 14.8.